The molecule has 0 radical (unpaired) electrons. The Morgan fingerprint density at radius 1 is 1.07 bits per heavy atom. The third-order valence-corrected chi connectivity index (χ3v) is 6.85. The maximum Gasteiger partial charge on any atom is 0.244 e. The van der Waals surface area contributed by atoms with E-state index in [1.807, 2.05) is 6.07 Å². The molecule has 0 aliphatic carbocycles. The van der Waals surface area contributed by atoms with Crippen LogP contribution in [0.4, 0.5) is 5.69 Å². The molecule has 1 N–H and O–H groups in total. The van der Waals surface area contributed by atoms with Crippen LogP contribution in [0.3, 0.4) is 0 Å². The molecular weight excluding hydrogens is 402 g/mol. The molecule has 0 bridgehead atoms. The number of nitrogens with one attached hydrogen (secondary N) is 1. The number of sulfonamides is 1. The van der Waals surface area contributed by atoms with Gasteiger partial charge in [0.25, 0.3) is 0 Å². The van der Waals surface area contributed by atoms with Gasteiger partial charge in [0.15, 0.2) is 5.78 Å². The molecule has 1 aliphatic heterocycles. The van der Waals surface area contributed by atoms with Gasteiger partial charge in [-0.2, -0.15) is 0 Å². The van der Waals surface area contributed by atoms with E-state index in [9.17, 15) is 13.2 Å². The third-order valence-electron chi connectivity index (χ3n) is 5.42. The molecule has 1 saturated heterocycles. The Morgan fingerprint density at radius 2 is 1.77 bits per heavy atom. The predicted octanol–water partition coefficient (Wildman–Crippen LogP) is 2.39. The molecule has 7 nitrogen and oxygen atoms in total. The predicted molar refractivity (Wildman–Crippen MR) is 118 cm³/mol. The maximum absolute atomic E-state index is 12.6. The lowest BCUT2D eigenvalue weighted by Gasteiger charge is -2.36. The minimum absolute atomic E-state index is 0.0182. The maximum atomic E-state index is 12.6. The second-order valence-corrected chi connectivity index (χ2v) is 9.12. The van der Waals surface area contributed by atoms with Crippen LogP contribution in [0.2, 0.25) is 0 Å². The normalized spacial score (nSPS) is 15.2. The highest BCUT2D eigenvalue weighted by Crippen LogP contribution is 2.25. The molecule has 8 heteroatoms. The van der Waals surface area contributed by atoms with Crippen molar-refractivity contribution in [2.24, 2.45) is 0 Å². The average Bonchev–Trinajstić information content (AvgIpc) is 2.79. The summed E-state index contributed by atoms with van der Waals surface area (Å²) < 4.78 is 31.8. The summed E-state index contributed by atoms with van der Waals surface area (Å²) in [7, 11) is -0.963. The summed E-state index contributed by atoms with van der Waals surface area (Å²) in [6.45, 7) is 4.74. The Labute approximate surface area is 178 Å². The van der Waals surface area contributed by atoms with Crippen LogP contribution in [0.25, 0.3) is 0 Å². The first kappa shape index (κ1) is 22.3. The van der Waals surface area contributed by atoms with E-state index in [4.69, 9.17) is 4.74 Å². The molecule has 30 heavy (non-hydrogen) atoms. The largest absolute Gasteiger partial charge is 0.495 e. The lowest BCUT2D eigenvalue weighted by Crippen LogP contribution is -2.46. The fraction of sp³-hybridized carbons (Fsp3) is 0.409. The zero-order valence-electron chi connectivity index (χ0n) is 17.5. The Hall–Kier alpha value is -2.42. The van der Waals surface area contributed by atoms with Gasteiger partial charge in [0.1, 0.15) is 10.6 Å². The van der Waals surface area contributed by atoms with Crippen LogP contribution in [0.15, 0.2) is 53.4 Å². The molecule has 1 aliphatic rings. The highest BCUT2D eigenvalue weighted by Gasteiger charge is 2.21. The lowest BCUT2D eigenvalue weighted by molar-refractivity contribution is 0.0974. The molecule has 0 amide bonds. The van der Waals surface area contributed by atoms with E-state index in [0.717, 1.165) is 39.1 Å². The van der Waals surface area contributed by atoms with Crippen LogP contribution < -0.4 is 14.4 Å². The van der Waals surface area contributed by atoms with Crippen molar-refractivity contribution in [2.45, 2.75) is 17.7 Å². The quantitative estimate of drug-likeness (QED) is 0.614. The molecular formula is C22H29N3O4S. The van der Waals surface area contributed by atoms with E-state index in [2.05, 4.69) is 38.8 Å². The monoisotopic (exact) mass is 431 g/mol. The molecule has 0 spiro atoms. The number of carbonyl (C=O) groups is 1. The first-order chi connectivity index (χ1) is 14.4. The lowest BCUT2D eigenvalue weighted by atomic mass is 10.1. The number of para-hydroxylation sites is 1. The molecule has 0 aromatic heterocycles. The third kappa shape index (κ3) is 5.38. The van der Waals surface area contributed by atoms with Gasteiger partial charge in [-0.05, 0) is 50.3 Å². The number of carbonyl (C=O) groups excluding carboxylic acids is 1. The summed E-state index contributed by atoms with van der Waals surface area (Å²) in [6, 6.07) is 14.9. The van der Waals surface area contributed by atoms with Crippen molar-refractivity contribution < 1.29 is 17.9 Å². The number of hydrogen-bond acceptors (Lipinski definition) is 6. The highest BCUT2D eigenvalue weighted by atomic mass is 32.2. The zero-order chi connectivity index (χ0) is 21.6. The summed E-state index contributed by atoms with van der Waals surface area (Å²) in [6.07, 6.45) is 1.12. The van der Waals surface area contributed by atoms with E-state index in [1.165, 1.54) is 32.0 Å². The summed E-state index contributed by atoms with van der Waals surface area (Å²) in [5, 5.41) is 0. The molecule has 0 unspecified atom stereocenters. The van der Waals surface area contributed by atoms with Crippen molar-refractivity contribution in [1.82, 2.24) is 9.62 Å². The van der Waals surface area contributed by atoms with Crippen molar-refractivity contribution in [3.8, 4) is 5.75 Å². The Kier molecular flexibility index (Phi) is 7.47. The number of piperazine rings is 1. The second kappa shape index (κ2) is 10.1. The van der Waals surface area contributed by atoms with Crippen LogP contribution in [0.5, 0.6) is 5.75 Å². The first-order valence-electron chi connectivity index (χ1n) is 10.1. The van der Waals surface area contributed by atoms with Gasteiger partial charge in [0, 0.05) is 43.9 Å². The molecule has 2 aromatic rings. The van der Waals surface area contributed by atoms with E-state index in [0.29, 0.717) is 12.0 Å². The van der Waals surface area contributed by atoms with Crippen LogP contribution in [-0.4, -0.2) is 66.0 Å². The minimum atomic E-state index is -3.70. The van der Waals surface area contributed by atoms with Gasteiger partial charge in [-0.3, -0.25) is 9.69 Å². The summed E-state index contributed by atoms with van der Waals surface area (Å²) in [5.74, 6) is 0.158. The van der Waals surface area contributed by atoms with Gasteiger partial charge in [-0.1, -0.05) is 18.2 Å². The summed E-state index contributed by atoms with van der Waals surface area (Å²) >= 11 is 0. The van der Waals surface area contributed by atoms with E-state index >= 15 is 0 Å². The van der Waals surface area contributed by atoms with Crippen LogP contribution in [0, 0.1) is 0 Å². The number of hydrogen-bond donors (Lipinski definition) is 1. The van der Waals surface area contributed by atoms with Gasteiger partial charge in [0.05, 0.1) is 7.11 Å². The van der Waals surface area contributed by atoms with Gasteiger partial charge in [-0.25, -0.2) is 13.1 Å². The van der Waals surface area contributed by atoms with Crippen molar-refractivity contribution in [1.29, 1.82) is 0 Å². The summed E-state index contributed by atoms with van der Waals surface area (Å²) in [5.41, 5.74) is 1.64. The molecule has 162 valence electrons. The Morgan fingerprint density at radius 3 is 2.40 bits per heavy atom. The van der Waals surface area contributed by atoms with Gasteiger partial charge in [-0.15, -0.1) is 0 Å². The van der Waals surface area contributed by atoms with E-state index in [-0.39, 0.29) is 16.4 Å². The first-order valence-corrected chi connectivity index (χ1v) is 11.6. The van der Waals surface area contributed by atoms with Crippen molar-refractivity contribution in [3.05, 3.63) is 54.1 Å². The van der Waals surface area contributed by atoms with E-state index < -0.39 is 10.0 Å². The number of Topliss-reactive ketones (excluding diaryl/α,β-unsaturated/α-hetero) is 1. The van der Waals surface area contributed by atoms with Crippen molar-refractivity contribution in [2.75, 3.05) is 51.8 Å². The zero-order valence-corrected chi connectivity index (χ0v) is 18.3. The number of benzene rings is 2. The SMILES string of the molecule is CNS(=O)(=O)c1cc(C(=O)CCCN2CCN(c3ccccc3)CC2)ccc1OC. The fourth-order valence-corrected chi connectivity index (χ4v) is 4.56. The number of ether oxygens (including phenoxy) is 1. The Balaban J connectivity index is 1.51. The smallest absolute Gasteiger partial charge is 0.244 e. The Bertz CT molecular complexity index is 956. The topological polar surface area (TPSA) is 79.0 Å². The summed E-state index contributed by atoms with van der Waals surface area (Å²) in [4.78, 5) is 17.3. The fourth-order valence-electron chi connectivity index (χ4n) is 3.65. The second-order valence-electron chi connectivity index (χ2n) is 7.26. The molecule has 3 rings (SSSR count). The number of rotatable bonds is 9. The van der Waals surface area contributed by atoms with Crippen LogP contribution in [-0.2, 0) is 10.0 Å². The van der Waals surface area contributed by atoms with E-state index in [1.54, 1.807) is 6.07 Å². The van der Waals surface area contributed by atoms with Crippen molar-refractivity contribution >= 4 is 21.5 Å². The van der Waals surface area contributed by atoms with Gasteiger partial charge >= 0.3 is 0 Å². The van der Waals surface area contributed by atoms with Gasteiger partial charge < -0.3 is 9.64 Å². The highest BCUT2D eigenvalue weighted by molar-refractivity contribution is 7.89. The molecule has 1 fully saturated rings. The van der Waals surface area contributed by atoms with Gasteiger partial charge in [0.2, 0.25) is 10.0 Å². The number of nitrogens with zero attached hydrogens (tertiary/aromatic N) is 2. The van der Waals surface area contributed by atoms with Crippen LogP contribution in [0.1, 0.15) is 23.2 Å². The van der Waals surface area contributed by atoms with Crippen LogP contribution >= 0.6 is 0 Å². The molecule has 2 aromatic carbocycles. The molecule has 0 atom stereocenters. The standard InChI is InChI=1S/C22H29N3O4S/c1-23-30(27,28)22-17-18(10-11-21(22)29-2)20(26)9-6-12-24-13-15-25(16-14-24)19-7-4-3-5-8-19/h3-5,7-8,10-11,17,23H,6,9,12-16H2,1-2H3. The number of methoxy groups -OCH3 is 1. The average molecular weight is 432 g/mol. The number of ketones is 1. The molecule has 1 heterocycles. The minimum Gasteiger partial charge on any atom is -0.495 e. The molecule has 0 saturated carbocycles. The number of anilines is 1. The van der Waals surface area contributed by atoms with Crippen molar-refractivity contribution in [3.63, 3.8) is 0 Å².